The molecule has 0 fully saturated rings. The number of hydrogen-bond donors (Lipinski definition) is 1. The third-order valence-electron chi connectivity index (χ3n) is 2.75. The van der Waals surface area contributed by atoms with Gasteiger partial charge in [-0.05, 0) is 30.5 Å². The van der Waals surface area contributed by atoms with Gasteiger partial charge in [-0.25, -0.2) is 0 Å². The van der Waals surface area contributed by atoms with E-state index in [1.54, 1.807) is 18.3 Å². The van der Waals surface area contributed by atoms with Gasteiger partial charge in [0.25, 0.3) is 11.6 Å². The van der Waals surface area contributed by atoms with Crippen LogP contribution in [0.2, 0.25) is 0 Å². The second kappa shape index (κ2) is 6.85. The molecule has 0 aliphatic rings. The van der Waals surface area contributed by atoms with Crippen molar-refractivity contribution in [2.45, 2.75) is 19.6 Å². The van der Waals surface area contributed by atoms with E-state index in [4.69, 9.17) is 4.74 Å². The molecule has 7 heteroatoms. The zero-order valence-electron chi connectivity index (χ0n) is 11.3. The van der Waals surface area contributed by atoms with Gasteiger partial charge in [-0.2, -0.15) is 0 Å². The Bertz CT molecular complexity index is 610. The molecule has 1 aromatic heterocycles. The van der Waals surface area contributed by atoms with Crippen LogP contribution >= 0.6 is 11.3 Å². The van der Waals surface area contributed by atoms with Crippen molar-refractivity contribution in [3.05, 3.63) is 56.8 Å². The molecule has 2 rings (SSSR count). The number of nitro benzene ring substituents is 1. The second-order valence-corrected chi connectivity index (χ2v) is 5.34. The van der Waals surface area contributed by atoms with E-state index in [-0.39, 0.29) is 11.6 Å². The summed E-state index contributed by atoms with van der Waals surface area (Å²) >= 11 is 1.57. The molecular weight excluding hydrogens is 292 g/mol. The van der Waals surface area contributed by atoms with Crippen molar-refractivity contribution < 1.29 is 14.5 Å². The van der Waals surface area contributed by atoms with E-state index in [2.05, 4.69) is 5.32 Å². The van der Waals surface area contributed by atoms with Gasteiger partial charge < -0.3 is 10.1 Å². The number of nitro groups is 1. The van der Waals surface area contributed by atoms with Gasteiger partial charge in [-0.3, -0.25) is 14.9 Å². The Hall–Kier alpha value is -2.41. The largest absolute Gasteiger partial charge is 0.481 e. The minimum absolute atomic E-state index is 0.0165. The van der Waals surface area contributed by atoms with E-state index in [0.717, 1.165) is 4.88 Å². The average molecular weight is 306 g/mol. The van der Waals surface area contributed by atoms with Crippen molar-refractivity contribution in [1.29, 1.82) is 0 Å². The Morgan fingerprint density at radius 1 is 1.38 bits per heavy atom. The minimum atomic E-state index is -0.675. The Kier molecular flexibility index (Phi) is 4.89. The molecule has 6 nitrogen and oxygen atoms in total. The maximum atomic E-state index is 11.9. The van der Waals surface area contributed by atoms with Crippen molar-refractivity contribution in [1.82, 2.24) is 5.32 Å². The zero-order chi connectivity index (χ0) is 15.2. The van der Waals surface area contributed by atoms with E-state index >= 15 is 0 Å². The quantitative estimate of drug-likeness (QED) is 0.657. The number of carbonyl (C=O) groups excluding carboxylic acids is 1. The predicted octanol–water partition coefficient (Wildman–Crippen LogP) is 2.74. The van der Waals surface area contributed by atoms with Crippen molar-refractivity contribution in [2.75, 3.05) is 0 Å². The van der Waals surface area contributed by atoms with E-state index in [0.29, 0.717) is 12.3 Å². The number of thiophene rings is 1. The fraction of sp³-hybridized carbons (Fsp3) is 0.214. The summed E-state index contributed by atoms with van der Waals surface area (Å²) in [4.78, 5) is 23.0. The summed E-state index contributed by atoms with van der Waals surface area (Å²) in [6, 6.07) is 9.48. The van der Waals surface area contributed by atoms with Crippen LogP contribution in [0.5, 0.6) is 5.75 Å². The number of ether oxygens (including phenoxy) is 1. The zero-order valence-corrected chi connectivity index (χ0v) is 12.1. The predicted molar refractivity (Wildman–Crippen MR) is 79.4 cm³/mol. The van der Waals surface area contributed by atoms with Gasteiger partial charge >= 0.3 is 0 Å². The van der Waals surface area contributed by atoms with Crippen LogP contribution in [0.4, 0.5) is 5.69 Å². The summed E-state index contributed by atoms with van der Waals surface area (Å²) in [6.07, 6.45) is -0.675. The number of rotatable bonds is 6. The average Bonchev–Trinajstić information content (AvgIpc) is 2.98. The summed E-state index contributed by atoms with van der Waals surface area (Å²) in [5, 5.41) is 15.3. The molecule has 21 heavy (non-hydrogen) atoms. The highest BCUT2D eigenvalue weighted by Crippen LogP contribution is 2.18. The van der Waals surface area contributed by atoms with E-state index in [1.165, 1.54) is 24.3 Å². The molecule has 0 saturated heterocycles. The first kappa shape index (κ1) is 15.0. The van der Waals surface area contributed by atoms with Gasteiger partial charge in [0.2, 0.25) is 0 Å². The Morgan fingerprint density at radius 3 is 2.67 bits per heavy atom. The molecule has 1 amide bonds. The smallest absolute Gasteiger partial charge is 0.269 e. The van der Waals surface area contributed by atoms with Gasteiger partial charge in [-0.1, -0.05) is 6.07 Å². The highest BCUT2D eigenvalue weighted by molar-refractivity contribution is 7.09. The topological polar surface area (TPSA) is 81.5 Å². The minimum Gasteiger partial charge on any atom is -0.481 e. The molecular formula is C14H14N2O4S. The first-order chi connectivity index (χ1) is 10.1. The lowest BCUT2D eigenvalue weighted by molar-refractivity contribution is -0.384. The first-order valence-electron chi connectivity index (χ1n) is 6.27. The van der Waals surface area contributed by atoms with Crippen LogP contribution in [-0.4, -0.2) is 16.9 Å². The van der Waals surface area contributed by atoms with Crippen molar-refractivity contribution in [3.63, 3.8) is 0 Å². The van der Waals surface area contributed by atoms with Crippen molar-refractivity contribution in [2.24, 2.45) is 0 Å². The Balaban J connectivity index is 1.86. The lowest BCUT2D eigenvalue weighted by atomic mass is 10.3. The Labute approximate surface area is 125 Å². The van der Waals surface area contributed by atoms with Crippen LogP contribution in [0.15, 0.2) is 41.8 Å². The maximum Gasteiger partial charge on any atom is 0.269 e. The van der Waals surface area contributed by atoms with Crippen LogP contribution in [0.3, 0.4) is 0 Å². The third kappa shape index (κ3) is 4.28. The molecule has 110 valence electrons. The van der Waals surface area contributed by atoms with E-state index in [9.17, 15) is 14.9 Å². The summed E-state index contributed by atoms with van der Waals surface area (Å²) in [5.41, 5.74) is -0.0165. The van der Waals surface area contributed by atoms with Gasteiger partial charge in [0.05, 0.1) is 11.5 Å². The van der Waals surface area contributed by atoms with Crippen molar-refractivity contribution >= 4 is 22.9 Å². The molecule has 1 atom stereocenters. The molecule has 0 spiro atoms. The SMILES string of the molecule is C[C@H](Oc1ccc([N+](=O)[O-])cc1)C(=O)NCc1cccs1. The van der Waals surface area contributed by atoms with E-state index in [1.807, 2.05) is 17.5 Å². The molecule has 0 saturated carbocycles. The number of nitrogens with zero attached hydrogens (tertiary/aromatic N) is 1. The number of carbonyl (C=O) groups is 1. The molecule has 0 radical (unpaired) electrons. The summed E-state index contributed by atoms with van der Waals surface area (Å²) in [6.45, 7) is 2.09. The molecule has 0 aliphatic carbocycles. The molecule has 0 unspecified atom stereocenters. The Morgan fingerprint density at radius 2 is 2.10 bits per heavy atom. The highest BCUT2D eigenvalue weighted by Gasteiger charge is 2.15. The molecule has 1 heterocycles. The maximum absolute atomic E-state index is 11.9. The standard InChI is InChI=1S/C14H14N2O4S/c1-10(14(17)15-9-13-3-2-8-21-13)20-12-6-4-11(5-7-12)16(18)19/h2-8,10H,9H2,1H3,(H,15,17)/t10-/m0/s1. The lowest BCUT2D eigenvalue weighted by Crippen LogP contribution is -2.35. The van der Waals surface area contributed by atoms with Gasteiger partial charge in [0.15, 0.2) is 6.10 Å². The fourth-order valence-corrected chi connectivity index (χ4v) is 2.28. The number of amides is 1. The normalized spacial score (nSPS) is 11.7. The van der Waals surface area contributed by atoms with E-state index < -0.39 is 11.0 Å². The highest BCUT2D eigenvalue weighted by atomic mass is 32.1. The van der Waals surface area contributed by atoms with Crippen LogP contribution in [0.25, 0.3) is 0 Å². The molecule has 2 aromatic rings. The van der Waals surface area contributed by atoms with Crippen LogP contribution < -0.4 is 10.1 Å². The van der Waals surface area contributed by atoms with Crippen molar-refractivity contribution in [3.8, 4) is 5.75 Å². The fourth-order valence-electron chi connectivity index (χ4n) is 1.64. The number of nitrogens with one attached hydrogen (secondary N) is 1. The van der Waals surface area contributed by atoms with Crippen LogP contribution in [0.1, 0.15) is 11.8 Å². The summed E-state index contributed by atoms with van der Waals surface area (Å²) in [7, 11) is 0. The monoisotopic (exact) mass is 306 g/mol. The number of hydrogen-bond acceptors (Lipinski definition) is 5. The van der Waals surface area contributed by atoms with Gasteiger partial charge in [0, 0.05) is 17.0 Å². The van der Waals surface area contributed by atoms with Crippen LogP contribution in [-0.2, 0) is 11.3 Å². The van der Waals surface area contributed by atoms with Gasteiger partial charge in [0.1, 0.15) is 5.75 Å². The molecule has 0 bridgehead atoms. The number of benzene rings is 1. The first-order valence-corrected chi connectivity index (χ1v) is 7.15. The molecule has 0 aliphatic heterocycles. The third-order valence-corrected chi connectivity index (χ3v) is 3.62. The molecule has 1 aromatic carbocycles. The van der Waals surface area contributed by atoms with Crippen LogP contribution in [0, 0.1) is 10.1 Å². The molecule has 1 N–H and O–H groups in total. The van der Waals surface area contributed by atoms with Gasteiger partial charge in [-0.15, -0.1) is 11.3 Å². The lowest BCUT2D eigenvalue weighted by Gasteiger charge is -2.14. The number of non-ortho nitro benzene ring substituents is 1. The summed E-state index contributed by atoms with van der Waals surface area (Å²) in [5.74, 6) is 0.182. The second-order valence-electron chi connectivity index (χ2n) is 4.31. The summed E-state index contributed by atoms with van der Waals surface area (Å²) < 4.78 is 5.45.